The molecule has 0 saturated heterocycles. The largest absolute Gasteiger partial charge is 0.503 e. The standard InChI is InChI=1S/C28H26N2O3S/c1-18-14-16-34-27(18)25-24(23(31)12-11-19-7-3-2-4-8-19)26(32)28(33)30(25)15-13-20-17-29-22-10-6-5-9-21(20)22/h2-10,14,16-17,25,29,32H,11-13,15H2,1H3. The minimum absolute atomic E-state index is 0.179. The number of aliphatic hydroxyl groups excluding tert-OH is 1. The minimum atomic E-state index is -0.555. The molecule has 3 heterocycles. The highest BCUT2D eigenvalue weighted by Gasteiger charge is 2.44. The maximum absolute atomic E-state index is 13.3. The predicted molar refractivity (Wildman–Crippen MR) is 135 cm³/mol. The van der Waals surface area contributed by atoms with Gasteiger partial charge in [0.25, 0.3) is 5.91 Å². The fourth-order valence-electron chi connectivity index (χ4n) is 4.72. The maximum atomic E-state index is 13.3. The summed E-state index contributed by atoms with van der Waals surface area (Å²) >= 11 is 1.52. The smallest absolute Gasteiger partial charge is 0.290 e. The van der Waals surface area contributed by atoms with Crippen molar-refractivity contribution in [1.29, 1.82) is 0 Å². The number of thiophene rings is 1. The highest BCUT2D eigenvalue weighted by Crippen LogP contribution is 2.42. The Morgan fingerprint density at radius 2 is 1.82 bits per heavy atom. The molecule has 172 valence electrons. The van der Waals surface area contributed by atoms with E-state index in [1.54, 1.807) is 4.90 Å². The summed E-state index contributed by atoms with van der Waals surface area (Å²) in [6.45, 7) is 2.39. The number of carbonyl (C=O) groups excluding carboxylic acids is 2. The summed E-state index contributed by atoms with van der Waals surface area (Å²) in [5.74, 6) is -1.06. The number of para-hydroxylation sites is 1. The predicted octanol–water partition coefficient (Wildman–Crippen LogP) is 5.68. The number of benzene rings is 2. The van der Waals surface area contributed by atoms with Gasteiger partial charge >= 0.3 is 0 Å². The lowest BCUT2D eigenvalue weighted by Crippen LogP contribution is -2.33. The lowest BCUT2D eigenvalue weighted by Gasteiger charge is -2.26. The van der Waals surface area contributed by atoms with Crippen LogP contribution in [0.3, 0.4) is 0 Å². The Morgan fingerprint density at radius 1 is 1.06 bits per heavy atom. The van der Waals surface area contributed by atoms with E-state index >= 15 is 0 Å². The summed E-state index contributed by atoms with van der Waals surface area (Å²) in [5.41, 5.74) is 4.45. The summed E-state index contributed by atoms with van der Waals surface area (Å²) in [6, 6.07) is 19.3. The van der Waals surface area contributed by atoms with Gasteiger partial charge in [-0.2, -0.15) is 0 Å². The summed E-state index contributed by atoms with van der Waals surface area (Å²) in [6.07, 6.45) is 3.40. The molecular formula is C28H26N2O3S. The molecule has 5 rings (SSSR count). The van der Waals surface area contributed by atoms with Crippen molar-refractivity contribution < 1.29 is 14.7 Å². The molecule has 0 aliphatic carbocycles. The van der Waals surface area contributed by atoms with Gasteiger partial charge in [0.2, 0.25) is 0 Å². The monoisotopic (exact) mass is 470 g/mol. The first kappa shape index (κ1) is 22.2. The van der Waals surface area contributed by atoms with Crippen molar-refractivity contribution in [2.75, 3.05) is 6.54 Å². The molecule has 4 aromatic rings. The van der Waals surface area contributed by atoms with Gasteiger partial charge in [-0.25, -0.2) is 0 Å². The Hall–Kier alpha value is -3.64. The Balaban J connectivity index is 1.42. The third-order valence-corrected chi connectivity index (χ3v) is 7.61. The van der Waals surface area contributed by atoms with Gasteiger partial charge in [0.15, 0.2) is 11.5 Å². The van der Waals surface area contributed by atoms with E-state index in [4.69, 9.17) is 0 Å². The van der Waals surface area contributed by atoms with Crippen LogP contribution in [0.15, 0.2) is 83.6 Å². The van der Waals surface area contributed by atoms with Gasteiger partial charge in [-0.3, -0.25) is 9.59 Å². The van der Waals surface area contributed by atoms with Gasteiger partial charge in [-0.1, -0.05) is 48.5 Å². The number of amides is 1. The van der Waals surface area contributed by atoms with Crippen molar-refractivity contribution in [2.24, 2.45) is 0 Å². The molecule has 0 fully saturated rings. The number of Topliss-reactive ketones (excluding diaryl/α,β-unsaturated/α-hetero) is 1. The van der Waals surface area contributed by atoms with Crippen LogP contribution >= 0.6 is 11.3 Å². The van der Waals surface area contributed by atoms with Crippen molar-refractivity contribution in [2.45, 2.75) is 32.2 Å². The van der Waals surface area contributed by atoms with Gasteiger partial charge in [-0.05, 0) is 54.0 Å². The van der Waals surface area contributed by atoms with E-state index in [0.717, 1.165) is 32.5 Å². The molecule has 0 saturated carbocycles. The van der Waals surface area contributed by atoms with Crippen molar-refractivity contribution in [3.63, 3.8) is 0 Å². The number of aliphatic hydroxyl groups is 1. The normalized spacial score (nSPS) is 16.1. The number of nitrogens with zero attached hydrogens (tertiary/aromatic N) is 1. The third-order valence-electron chi connectivity index (χ3n) is 6.53. The fraction of sp³-hybridized carbons (Fsp3) is 0.214. The van der Waals surface area contributed by atoms with E-state index in [2.05, 4.69) is 11.1 Å². The highest BCUT2D eigenvalue weighted by molar-refractivity contribution is 7.10. The molecule has 1 aliphatic rings. The van der Waals surface area contributed by atoms with Crippen LogP contribution in [0.5, 0.6) is 0 Å². The van der Waals surface area contributed by atoms with E-state index in [9.17, 15) is 14.7 Å². The zero-order chi connectivity index (χ0) is 23.7. The van der Waals surface area contributed by atoms with E-state index in [1.165, 1.54) is 11.3 Å². The number of ketones is 1. The summed E-state index contributed by atoms with van der Waals surface area (Å²) in [5, 5.41) is 13.9. The number of hydrogen-bond acceptors (Lipinski definition) is 4. The number of fused-ring (bicyclic) bond motifs is 1. The summed E-state index contributed by atoms with van der Waals surface area (Å²) < 4.78 is 0. The van der Waals surface area contributed by atoms with Crippen LogP contribution < -0.4 is 0 Å². The molecule has 2 aromatic heterocycles. The van der Waals surface area contributed by atoms with Gasteiger partial charge in [0, 0.05) is 34.9 Å². The molecule has 0 bridgehead atoms. The number of rotatable bonds is 8. The second-order valence-corrected chi connectivity index (χ2v) is 9.60. The van der Waals surface area contributed by atoms with E-state index < -0.39 is 17.7 Å². The van der Waals surface area contributed by atoms with Gasteiger partial charge in [0.1, 0.15) is 0 Å². The average Bonchev–Trinajstić information content (AvgIpc) is 3.53. The number of aromatic nitrogens is 1. The van der Waals surface area contributed by atoms with Crippen LogP contribution in [-0.2, 0) is 22.4 Å². The topological polar surface area (TPSA) is 73.4 Å². The number of aromatic amines is 1. The average molecular weight is 471 g/mol. The molecule has 1 atom stereocenters. The molecule has 2 N–H and O–H groups in total. The molecule has 5 nitrogen and oxygen atoms in total. The zero-order valence-corrected chi connectivity index (χ0v) is 19.8. The number of nitrogens with one attached hydrogen (secondary N) is 1. The fourth-order valence-corrected chi connectivity index (χ4v) is 5.77. The second kappa shape index (κ2) is 9.31. The molecule has 2 aromatic carbocycles. The molecule has 6 heteroatoms. The molecule has 1 aliphatic heterocycles. The Bertz CT molecular complexity index is 1380. The second-order valence-electron chi connectivity index (χ2n) is 8.65. The molecule has 0 radical (unpaired) electrons. The number of hydrogen-bond donors (Lipinski definition) is 2. The summed E-state index contributed by atoms with van der Waals surface area (Å²) in [7, 11) is 0. The lowest BCUT2D eigenvalue weighted by molar-refractivity contribution is -0.129. The van der Waals surface area contributed by atoms with E-state index in [0.29, 0.717) is 19.4 Å². The summed E-state index contributed by atoms with van der Waals surface area (Å²) in [4.78, 5) is 32.4. The maximum Gasteiger partial charge on any atom is 0.290 e. The number of aryl methyl sites for hydroxylation is 2. The molecule has 34 heavy (non-hydrogen) atoms. The van der Waals surface area contributed by atoms with Crippen LogP contribution in [0.1, 0.15) is 34.0 Å². The molecular weight excluding hydrogens is 444 g/mol. The highest BCUT2D eigenvalue weighted by atomic mass is 32.1. The third kappa shape index (κ3) is 4.05. The zero-order valence-electron chi connectivity index (χ0n) is 19.0. The number of carbonyl (C=O) groups is 2. The molecule has 1 amide bonds. The van der Waals surface area contributed by atoms with E-state index in [1.807, 2.05) is 73.1 Å². The SMILES string of the molecule is Cc1ccsc1C1C(C(=O)CCc2ccccc2)=C(O)C(=O)N1CCc1c[nH]c2ccccc12. The minimum Gasteiger partial charge on any atom is -0.503 e. The lowest BCUT2D eigenvalue weighted by atomic mass is 9.95. The van der Waals surface area contributed by atoms with E-state index in [-0.39, 0.29) is 17.8 Å². The van der Waals surface area contributed by atoms with Crippen molar-refractivity contribution in [1.82, 2.24) is 9.88 Å². The van der Waals surface area contributed by atoms with Crippen LogP contribution in [-0.4, -0.2) is 33.2 Å². The Kier molecular flexibility index (Phi) is 6.07. The van der Waals surface area contributed by atoms with Crippen LogP contribution in [0.4, 0.5) is 0 Å². The Morgan fingerprint density at radius 3 is 2.59 bits per heavy atom. The first-order valence-corrected chi connectivity index (χ1v) is 12.3. The first-order chi connectivity index (χ1) is 16.5. The first-order valence-electron chi connectivity index (χ1n) is 11.4. The Labute approximate surface area is 202 Å². The molecule has 0 spiro atoms. The van der Waals surface area contributed by atoms with Gasteiger partial charge < -0.3 is 15.0 Å². The quantitative estimate of drug-likeness (QED) is 0.348. The van der Waals surface area contributed by atoms with Crippen molar-refractivity contribution in [3.05, 3.63) is 105 Å². The van der Waals surface area contributed by atoms with Crippen molar-refractivity contribution >= 4 is 33.9 Å². The number of H-pyrrole nitrogens is 1. The van der Waals surface area contributed by atoms with Crippen LogP contribution in [0.25, 0.3) is 10.9 Å². The van der Waals surface area contributed by atoms with Crippen LogP contribution in [0.2, 0.25) is 0 Å². The molecule has 1 unspecified atom stereocenters. The van der Waals surface area contributed by atoms with Crippen molar-refractivity contribution in [3.8, 4) is 0 Å². The van der Waals surface area contributed by atoms with Crippen LogP contribution in [0, 0.1) is 6.92 Å². The van der Waals surface area contributed by atoms with Gasteiger partial charge in [-0.15, -0.1) is 11.3 Å². The van der Waals surface area contributed by atoms with Gasteiger partial charge in [0.05, 0.1) is 11.6 Å².